The summed E-state index contributed by atoms with van der Waals surface area (Å²) in [6.07, 6.45) is 46.7. The third-order valence-corrected chi connectivity index (χ3v) is 12.8. The lowest BCUT2D eigenvalue weighted by atomic mass is 9.99. The molecule has 0 aliphatic carbocycles. The zero-order valence-corrected chi connectivity index (χ0v) is 40.4. The van der Waals surface area contributed by atoms with Gasteiger partial charge < -0.3 is 40.3 Å². The van der Waals surface area contributed by atoms with Crippen molar-refractivity contribution in [2.45, 2.75) is 294 Å². The van der Waals surface area contributed by atoms with E-state index in [1.54, 1.807) is 6.08 Å². The summed E-state index contributed by atoms with van der Waals surface area (Å²) in [5, 5.41) is 54.3. The highest BCUT2D eigenvalue weighted by Gasteiger charge is 2.44. The van der Waals surface area contributed by atoms with Crippen molar-refractivity contribution in [3.63, 3.8) is 0 Å². The van der Waals surface area contributed by atoms with Crippen LogP contribution in [0.2, 0.25) is 0 Å². The molecule has 0 aromatic carbocycles. The van der Waals surface area contributed by atoms with E-state index in [1.165, 1.54) is 193 Å². The first kappa shape index (κ1) is 58.7. The minimum absolute atomic E-state index is 0.182. The minimum atomic E-state index is -1.57. The van der Waals surface area contributed by atoms with Crippen molar-refractivity contribution in [3.05, 3.63) is 24.3 Å². The van der Waals surface area contributed by atoms with E-state index in [4.69, 9.17) is 9.47 Å². The van der Waals surface area contributed by atoms with E-state index in [9.17, 15) is 30.3 Å². The van der Waals surface area contributed by atoms with Crippen LogP contribution < -0.4 is 5.32 Å². The van der Waals surface area contributed by atoms with Gasteiger partial charge in [0.05, 0.1) is 25.4 Å². The van der Waals surface area contributed by atoms with Crippen LogP contribution in [0.5, 0.6) is 0 Å². The number of allylic oxidation sites excluding steroid dienone is 3. The molecule has 9 heteroatoms. The Morgan fingerprint density at radius 2 is 0.919 bits per heavy atom. The van der Waals surface area contributed by atoms with Crippen LogP contribution in [0.25, 0.3) is 0 Å². The Labute approximate surface area is 381 Å². The molecular weight excluding hydrogens is 779 g/mol. The standard InChI is InChI=1S/C53H101NO8/c1-3-5-7-9-11-13-15-17-19-20-21-22-23-24-25-26-27-29-31-33-35-37-39-41-43-49(57)54-46(45-61-53-52(60)51(59)50(58)48(44-55)62-53)47(56)42-40-38-36-34-32-30-28-18-16-14-12-10-8-6-4-2/h32,34,40,42,46-48,50-53,55-56,58-60H,3-31,33,35-39,41,43-45H2,1-2H3,(H,54,57)/b34-32+,42-40+. The Morgan fingerprint density at radius 1 is 0.532 bits per heavy atom. The molecule has 0 bridgehead atoms. The molecule has 1 fully saturated rings. The summed E-state index contributed by atoms with van der Waals surface area (Å²) < 4.78 is 11.2. The summed E-state index contributed by atoms with van der Waals surface area (Å²) in [4.78, 5) is 13.0. The average Bonchev–Trinajstić information content (AvgIpc) is 3.27. The molecule has 1 aliphatic heterocycles. The fourth-order valence-corrected chi connectivity index (χ4v) is 8.53. The third-order valence-electron chi connectivity index (χ3n) is 12.8. The number of aliphatic hydroxyl groups excluding tert-OH is 5. The highest BCUT2D eigenvalue weighted by molar-refractivity contribution is 5.76. The summed E-state index contributed by atoms with van der Waals surface area (Å²) >= 11 is 0. The molecule has 0 spiro atoms. The van der Waals surface area contributed by atoms with Gasteiger partial charge in [-0.05, 0) is 32.1 Å². The van der Waals surface area contributed by atoms with Crippen molar-refractivity contribution in [1.29, 1.82) is 0 Å². The molecule has 1 saturated heterocycles. The number of rotatable bonds is 45. The van der Waals surface area contributed by atoms with Gasteiger partial charge in [-0.15, -0.1) is 0 Å². The molecule has 1 rings (SSSR count). The lowest BCUT2D eigenvalue weighted by molar-refractivity contribution is -0.302. The summed E-state index contributed by atoms with van der Waals surface area (Å²) in [6, 6.07) is -0.817. The zero-order valence-electron chi connectivity index (χ0n) is 40.4. The van der Waals surface area contributed by atoms with E-state index < -0.39 is 49.5 Å². The molecule has 0 aromatic heterocycles. The van der Waals surface area contributed by atoms with Crippen LogP contribution in [-0.4, -0.2) is 87.5 Å². The molecule has 0 aromatic rings. The Kier molecular flexibility index (Phi) is 41.2. The van der Waals surface area contributed by atoms with Crippen molar-refractivity contribution in [2.24, 2.45) is 0 Å². The van der Waals surface area contributed by atoms with E-state index in [0.717, 1.165) is 38.5 Å². The molecule has 6 N–H and O–H groups in total. The molecule has 0 radical (unpaired) electrons. The first-order valence-corrected chi connectivity index (χ1v) is 26.6. The second-order valence-electron chi connectivity index (χ2n) is 18.7. The lowest BCUT2D eigenvalue weighted by Crippen LogP contribution is -2.60. The normalized spacial score (nSPS) is 20.4. The topological polar surface area (TPSA) is 149 Å². The maximum Gasteiger partial charge on any atom is 0.220 e. The van der Waals surface area contributed by atoms with Crippen LogP contribution in [0.4, 0.5) is 0 Å². The van der Waals surface area contributed by atoms with Crippen molar-refractivity contribution >= 4 is 5.91 Å². The Morgan fingerprint density at radius 3 is 1.35 bits per heavy atom. The molecule has 1 aliphatic rings. The van der Waals surface area contributed by atoms with Gasteiger partial charge in [-0.2, -0.15) is 0 Å². The first-order valence-electron chi connectivity index (χ1n) is 26.6. The van der Waals surface area contributed by atoms with Crippen molar-refractivity contribution in [2.75, 3.05) is 13.2 Å². The van der Waals surface area contributed by atoms with Crippen LogP contribution in [0.15, 0.2) is 24.3 Å². The fraction of sp³-hybridized carbons (Fsp3) is 0.906. The fourth-order valence-electron chi connectivity index (χ4n) is 8.53. The van der Waals surface area contributed by atoms with E-state index in [2.05, 4.69) is 31.3 Å². The highest BCUT2D eigenvalue weighted by atomic mass is 16.7. The van der Waals surface area contributed by atoms with E-state index in [0.29, 0.717) is 6.42 Å². The first-order chi connectivity index (χ1) is 30.3. The van der Waals surface area contributed by atoms with Gasteiger partial charge in [-0.3, -0.25) is 4.79 Å². The summed E-state index contributed by atoms with van der Waals surface area (Å²) in [7, 11) is 0. The third kappa shape index (κ3) is 33.2. The van der Waals surface area contributed by atoms with Gasteiger partial charge in [0.25, 0.3) is 0 Å². The van der Waals surface area contributed by atoms with Gasteiger partial charge in [-0.25, -0.2) is 0 Å². The molecule has 0 saturated carbocycles. The van der Waals surface area contributed by atoms with Gasteiger partial charge >= 0.3 is 0 Å². The van der Waals surface area contributed by atoms with Crippen LogP contribution in [0.1, 0.15) is 251 Å². The monoisotopic (exact) mass is 880 g/mol. The van der Waals surface area contributed by atoms with Crippen LogP contribution in [0.3, 0.4) is 0 Å². The minimum Gasteiger partial charge on any atom is -0.394 e. The largest absolute Gasteiger partial charge is 0.394 e. The molecule has 7 atom stereocenters. The number of carbonyl (C=O) groups excluding carboxylic acids is 1. The SMILES string of the molecule is CCCCCCCCCCC/C=C/CC/C=C/C(O)C(COC1OC(CO)C(O)C(O)C1O)NC(=O)CCCCCCCCCCCCCCCCCCCCCCCCCC. The number of hydrogen-bond acceptors (Lipinski definition) is 8. The van der Waals surface area contributed by atoms with Gasteiger partial charge in [0.2, 0.25) is 5.91 Å². The molecular formula is C53H101NO8. The van der Waals surface area contributed by atoms with Crippen molar-refractivity contribution in [1.82, 2.24) is 5.32 Å². The van der Waals surface area contributed by atoms with Crippen LogP contribution >= 0.6 is 0 Å². The zero-order chi connectivity index (χ0) is 45.1. The average molecular weight is 880 g/mol. The number of ether oxygens (including phenoxy) is 2. The maximum atomic E-state index is 13.0. The number of aliphatic hydroxyl groups is 5. The van der Waals surface area contributed by atoms with Gasteiger partial charge in [-0.1, -0.05) is 237 Å². The van der Waals surface area contributed by atoms with Gasteiger partial charge in [0.15, 0.2) is 6.29 Å². The lowest BCUT2D eigenvalue weighted by Gasteiger charge is -2.40. The predicted molar refractivity (Wildman–Crippen MR) is 258 cm³/mol. The molecule has 9 nitrogen and oxygen atoms in total. The Balaban J connectivity index is 2.24. The number of unbranched alkanes of at least 4 members (excludes halogenated alkanes) is 33. The van der Waals surface area contributed by atoms with Gasteiger partial charge in [0, 0.05) is 6.42 Å². The number of nitrogens with one attached hydrogen (secondary N) is 1. The van der Waals surface area contributed by atoms with Crippen LogP contribution in [-0.2, 0) is 14.3 Å². The second-order valence-corrected chi connectivity index (χ2v) is 18.7. The summed E-state index contributed by atoms with van der Waals surface area (Å²) in [5.41, 5.74) is 0. The number of carbonyl (C=O) groups is 1. The second kappa shape index (κ2) is 43.6. The summed E-state index contributed by atoms with van der Waals surface area (Å²) in [6.45, 7) is 3.78. The van der Waals surface area contributed by atoms with E-state index in [1.807, 2.05) is 6.08 Å². The molecule has 1 heterocycles. The highest BCUT2D eigenvalue weighted by Crippen LogP contribution is 2.23. The molecule has 366 valence electrons. The number of hydrogen-bond donors (Lipinski definition) is 6. The van der Waals surface area contributed by atoms with E-state index >= 15 is 0 Å². The van der Waals surface area contributed by atoms with Crippen molar-refractivity contribution < 1.29 is 39.8 Å². The van der Waals surface area contributed by atoms with E-state index in [-0.39, 0.29) is 12.5 Å². The van der Waals surface area contributed by atoms with Crippen LogP contribution in [0, 0.1) is 0 Å². The maximum absolute atomic E-state index is 13.0. The smallest absolute Gasteiger partial charge is 0.220 e. The predicted octanol–water partition coefficient (Wildman–Crippen LogP) is 12.2. The molecule has 7 unspecified atom stereocenters. The number of amides is 1. The van der Waals surface area contributed by atoms with Gasteiger partial charge in [0.1, 0.15) is 24.4 Å². The quantitative estimate of drug-likeness (QED) is 0.0262. The van der Waals surface area contributed by atoms with Crippen molar-refractivity contribution in [3.8, 4) is 0 Å². The Hall–Kier alpha value is -1.33. The molecule has 62 heavy (non-hydrogen) atoms. The Bertz CT molecular complexity index is 1020. The summed E-state index contributed by atoms with van der Waals surface area (Å²) in [5.74, 6) is -0.182. The molecule has 1 amide bonds.